The summed E-state index contributed by atoms with van der Waals surface area (Å²) in [6, 6.07) is 7.74. The van der Waals surface area contributed by atoms with E-state index in [0.717, 1.165) is 31.4 Å². The van der Waals surface area contributed by atoms with Crippen LogP contribution in [0.15, 0.2) is 48.7 Å². The maximum atomic E-state index is 11.8. The molecule has 5 heteroatoms. The van der Waals surface area contributed by atoms with Crippen molar-refractivity contribution < 1.29 is 4.79 Å². The second-order valence-corrected chi connectivity index (χ2v) is 5.73. The Morgan fingerprint density at radius 2 is 1.77 bits per heavy atom. The lowest BCUT2D eigenvalue weighted by Gasteiger charge is -2.27. The van der Waals surface area contributed by atoms with Crippen LogP contribution in [0.5, 0.6) is 0 Å². The summed E-state index contributed by atoms with van der Waals surface area (Å²) in [5.74, 6) is -0.196. The summed E-state index contributed by atoms with van der Waals surface area (Å²) in [4.78, 5) is 11.8. The average Bonchev–Trinajstić information content (AvgIpc) is 2.50. The molecule has 2 rings (SSSR count). The summed E-state index contributed by atoms with van der Waals surface area (Å²) in [6.45, 7) is 3.93. The molecule has 1 aromatic carbocycles. The zero-order chi connectivity index (χ0) is 15.9. The average molecular weight is 300 g/mol. The van der Waals surface area contributed by atoms with Crippen LogP contribution in [0.4, 0.5) is 11.4 Å². The first-order valence-electron chi connectivity index (χ1n) is 7.58. The van der Waals surface area contributed by atoms with Crippen molar-refractivity contribution >= 4 is 17.3 Å². The molecule has 1 aromatic rings. The van der Waals surface area contributed by atoms with Crippen molar-refractivity contribution in [2.24, 2.45) is 5.73 Å². The van der Waals surface area contributed by atoms with Crippen LogP contribution in [0.1, 0.15) is 25.7 Å². The first-order valence-corrected chi connectivity index (χ1v) is 7.58. The van der Waals surface area contributed by atoms with Crippen molar-refractivity contribution in [1.29, 1.82) is 0 Å². The first kappa shape index (κ1) is 16.1. The minimum atomic E-state index is -0.196. The fourth-order valence-corrected chi connectivity index (χ4v) is 2.50. The number of hydrogen-bond donors (Lipinski definition) is 4. The highest BCUT2D eigenvalue weighted by Crippen LogP contribution is 2.17. The molecule has 6 N–H and O–H groups in total. The second-order valence-electron chi connectivity index (χ2n) is 5.73. The second kappa shape index (κ2) is 7.66. The van der Waals surface area contributed by atoms with Gasteiger partial charge in [-0.1, -0.05) is 6.58 Å². The van der Waals surface area contributed by atoms with Gasteiger partial charge in [-0.2, -0.15) is 0 Å². The van der Waals surface area contributed by atoms with Crippen LogP contribution < -0.4 is 22.1 Å². The smallest absolute Gasteiger partial charge is 0.248 e. The van der Waals surface area contributed by atoms with E-state index in [0.29, 0.717) is 23.5 Å². The molecule has 0 bridgehead atoms. The first-order chi connectivity index (χ1) is 10.5. The van der Waals surface area contributed by atoms with E-state index >= 15 is 0 Å². The normalized spacial score (nSPS) is 21.5. The molecular weight excluding hydrogens is 276 g/mol. The van der Waals surface area contributed by atoms with Gasteiger partial charge < -0.3 is 22.1 Å². The largest absolute Gasteiger partial charge is 0.399 e. The van der Waals surface area contributed by atoms with Crippen LogP contribution in [0.2, 0.25) is 0 Å². The van der Waals surface area contributed by atoms with Gasteiger partial charge in [0.15, 0.2) is 0 Å². The lowest BCUT2D eigenvalue weighted by molar-refractivity contribution is -0.111. The highest BCUT2D eigenvalue weighted by molar-refractivity contribution is 5.99. The Hall–Kier alpha value is -2.27. The summed E-state index contributed by atoms with van der Waals surface area (Å²) >= 11 is 0. The lowest BCUT2D eigenvalue weighted by Crippen LogP contribution is -2.36. The summed E-state index contributed by atoms with van der Waals surface area (Å²) < 4.78 is 0. The number of benzene rings is 1. The molecule has 0 radical (unpaired) electrons. The summed E-state index contributed by atoms with van der Waals surface area (Å²) in [6.07, 6.45) is 7.33. The molecule has 1 amide bonds. The number of nitrogens with one attached hydrogen (secondary N) is 2. The van der Waals surface area contributed by atoms with E-state index in [4.69, 9.17) is 11.5 Å². The van der Waals surface area contributed by atoms with Crippen molar-refractivity contribution in [2.45, 2.75) is 37.8 Å². The van der Waals surface area contributed by atoms with E-state index < -0.39 is 0 Å². The number of hydrogen-bond acceptors (Lipinski definition) is 4. The summed E-state index contributed by atoms with van der Waals surface area (Å²) in [5.41, 5.74) is 13.6. The molecule has 22 heavy (non-hydrogen) atoms. The Labute approximate surface area is 131 Å². The molecular formula is C17H24N4O. The van der Waals surface area contributed by atoms with Gasteiger partial charge in [0.05, 0.1) is 0 Å². The van der Waals surface area contributed by atoms with Crippen molar-refractivity contribution in [3.8, 4) is 0 Å². The minimum absolute atomic E-state index is 0.196. The third kappa shape index (κ3) is 5.26. The number of nitrogen functional groups attached to an aromatic ring is 1. The van der Waals surface area contributed by atoms with Gasteiger partial charge in [-0.15, -0.1) is 0 Å². The maximum Gasteiger partial charge on any atom is 0.248 e. The molecule has 0 aromatic heterocycles. The molecule has 0 aliphatic heterocycles. The molecule has 1 saturated carbocycles. The van der Waals surface area contributed by atoms with Crippen molar-refractivity contribution in [1.82, 2.24) is 5.32 Å². The van der Waals surface area contributed by atoms with Gasteiger partial charge in [-0.3, -0.25) is 4.79 Å². The highest BCUT2D eigenvalue weighted by Gasteiger charge is 2.17. The standard InChI is InChI=1S/C17H24N4O/c1-12(20-15-7-3-13(18)4-8-15)2-11-17(22)21-16-9-5-14(19)6-10-16/h2,5-6,9-11,13,15,20H,1,3-4,7-8,18-19H2,(H,21,22)/b11-2-. The monoisotopic (exact) mass is 300 g/mol. The molecule has 0 atom stereocenters. The van der Waals surface area contributed by atoms with E-state index in [1.165, 1.54) is 6.08 Å². The van der Waals surface area contributed by atoms with Crippen molar-refractivity contribution in [3.05, 3.63) is 48.7 Å². The highest BCUT2D eigenvalue weighted by atomic mass is 16.1. The molecule has 0 heterocycles. The zero-order valence-corrected chi connectivity index (χ0v) is 12.7. The Morgan fingerprint density at radius 1 is 1.14 bits per heavy atom. The number of anilines is 2. The molecule has 1 fully saturated rings. The van der Waals surface area contributed by atoms with Crippen LogP contribution in [0.25, 0.3) is 0 Å². The van der Waals surface area contributed by atoms with Crippen LogP contribution >= 0.6 is 0 Å². The van der Waals surface area contributed by atoms with Crippen LogP contribution in [0.3, 0.4) is 0 Å². The predicted molar refractivity (Wildman–Crippen MR) is 91.1 cm³/mol. The number of nitrogens with two attached hydrogens (primary N) is 2. The quantitative estimate of drug-likeness (QED) is 0.381. The Bertz CT molecular complexity index is 542. The number of carbonyl (C=O) groups excluding carboxylic acids is 1. The van der Waals surface area contributed by atoms with Crippen LogP contribution in [-0.2, 0) is 4.79 Å². The third-order valence-corrected chi connectivity index (χ3v) is 3.78. The molecule has 1 aliphatic carbocycles. The molecule has 0 saturated heterocycles. The lowest BCUT2D eigenvalue weighted by atomic mass is 9.92. The minimum Gasteiger partial charge on any atom is -0.399 e. The Morgan fingerprint density at radius 3 is 2.41 bits per heavy atom. The summed E-state index contributed by atoms with van der Waals surface area (Å²) in [5, 5.41) is 6.10. The number of amides is 1. The Kier molecular flexibility index (Phi) is 5.61. The van der Waals surface area contributed by atoms with E-state index in [2.05, 4.69) is 17.2 Å². The van der Waals surface area contributed by atoms with Gasteiger partial charge in [0.25, 0.3) is 0 Å². The van der Waals surface area contributed by atoms with Gasteiger partial charge in [0.1, 0.15) is 0 Å². The molecule has 0 unspecified atom stereocenters. The van der Waals surface area contributed by atoms with Gasteiger partial charge in [-0.25, -0.2) is 0 Å². The number of rotatable bonds is 5. The fourth-order valence-electron chi connectivity index (χ4n) is 2.50. The van der Waals surface area contributed by atoms with Crippen LogP contribution in [-0.4, -0.2) is 18.0 Å². The molecule has 1 aliphatic rings. The molecule has 118 valence electrons. The number of carbonyl (C=O) groups is 1. The predicted octanol–water partition coefficient (Wildman–Crippen LogP) is 2.14. The van der Waals surface area contributed by atoms with E-state index in [1.54, 1.807) is 30.3 Å². The molecule has 0 spiro atoms. The SMILES string of the molecule is C=C(/C=C\C(=O)Nc1ccc(N)cc1)NC1CCC(N)CC1. The third-order valence-electron chi connectivity index (χ3n) is 3.78. The molecule has 5 nitrogen and oxygen atoms in total. The van der Waals surface area contributed by atoms with Crippen molar-refractivity contribution in [3.63, 3.8) is 0 Å². The fraction of sp³-hybridized carbons (Fsp3) is 0.353. The van der Waals surface area contributed by atoms with E-state index in [9.17, 15) is 4.79 Å². The zero-order valence-electron chi connectivity index (χ0n) is 12.7. The van der Waals surface area contributed by atoms with Crippen LogP contribution in [0, 0.1) is 0 Å². The van der Waals surface area contributed by atoms with Gasteiger partial charge in [-0.05, 0) is 56.0 Å². The van der Waals surface area contributed by atoms with Crippen molar-refractivity contribution in [2.75, 3.05) is 11.1 Å². The van der Waals surface area contributed by atoms with Gasteiger partial charge >= 0.3 is 0 Å². The maximum absolute atomic E-state index is 11.8. The van der Waals surface area contributed by atoms with E-state index in [1.807, 2.05) is 0 Å². The number of allylic oxidation sites excluding steroid dienone is 1. The summed E-state index contributed by atoms with van der Waals surface area (Å²) in [7, 11) is 0. The van der Waals surface area contributed by atoms with E-state index in [-0.39, 0.29) is 5.91 Å². The van der Waals surface area contributed by atoms with Gasteiger partial charge in [0, 0.05) is 35.2 Å². The van der Waals surface area contributed by atoms with Gasteiger partial charge in [0.2, 0.25) is 5.91 Å². The topological polar surface area (TPSA) is 93.2 Å². The Balaban J connectivity index is 1.76.